The maximum absolute atomic E-state index is 11.9. The van der Waals surface area contributed by atoms with Gasteiger partial charge in [0.1, 0.15) is 0 Å². The molecule has 0 fully saturated rings. The van der Waals surface area contributed by atoms with Crippen LogP contribution in [0.25, 0.3) is 0 Å². The predicted octanol–water partition coefficient (Wildman–Crippen LogP) is 1.80. The number of rotatable bonds is 7. The molecule has 0 aliphatic heterocycles. The molecule has 1 aromatic rings. The van der Waals surface area contributed by atoms with Crippen molar-refractivity contribution in [3.05, 3.63) is 35.9 Å². The molecular weight excluding hydrogens is 300 g/mol. The Balaban J connectivity index is 2.57. The first-order valence-corrected chi connectivity index (χ1v) is 9.23. The minimum absolute atomic E-state index is 0.134. The average molecular weight is 326 g/mol. The molecule has 0 saturated heterocycles. The SMILES string of the molecule is CC(C)(C)NC(=O)CN(CCCc1ccccc1)S(C)(=O)=O. The third-order valence-electron chi connectivity index (χ3n) is 3.02. The lowest BCUT2D eigenvalue weighted by molar-refractivity contribution is -0.122. The molecule has 0 radical (unpaired) electrons. The molecule has 22 heavy (non-hydrogen) atoms. The molecule has 0 atom stereocenters. The molecule has 0 heterocycles. The summed E-state index contributed by atoms with van der Waals surface area (Å²) < 4.78 is 24.9. The Kier molecular flexibility index (Phi) is 6.56. The summed E-state index contributed by atoms with van der Waals surface area (Å²) in [5.74, 6) is -0.280. The zero-order valence-corrected chi connectivity index (χ0v) is 14.6. The van der Waals surface area contributed by atoms with Crippen LogP contribution >= 0.6 is 0 Å². The van der Waals surface area contributed by atoms with Gasteiger partial charge >= 0.3 is 0 Å². The Morgan fingerprint density at radius 1 is 1.18 bits per heavy atom. The Labute approximate surface area is 133 Å². The van der Waals surface area contributed by atoms with Crippen molar-refractivity contribution in [2.75, 3.05) is 19.3 Å². The summed E-state index contributed by atoms with van der Waals surface area (Å²) in [4.78, 5) is 11.9. The lowest BCUT2D eigenvalue weighted by Crippen LogP contribution is -2.47. The number of hydrogen-bond donors (Lipinski definition) is 1. The molecule has 0 aliphatic carbocycles. The minimum atomic E-state index is -3.40. The van der Waals surface area contributed by atoms with Gasteiger partial charge in [0.2, 0.25) is 15.9 Å². The maximum atomic E-state index is 11.9. The summed E-state index contributed by atoms with van der Waals surface area (Å²) in [5, 5.41) is 2.78. The predicted molar refractivity (Wildman–Crippen MR) is 89.1 cm³/mol. The molecule has 1 amide bonds. The standard InChI is InChI=1S/C16H26N2O3S/c1-16(2,3)17-15(19)13-18(22(4,20)21)12-8-11-14-9-6-5-7-10-14/h5-7,9-10H,8,11-13H2,1-4H3,(H,17,19). The van der Waals surface area contributed by atoms with Crippen LogP contribution in [0.3, 0.4) is 0 Å². The van der Waals surface area contributed by atoms with Crippen LogP contribution < -0.4 is 5.32 Å². The maximum Gasteiger partial charge on any atom is 0.235 e. The smallest absolute Gasteiger partial charge is 0.235 e. The van der Waals surface area contributed by atoms with E-state index >= 15 is 0 Å². The number of carbonyl (C=O) groups is 1. The van der Waals surface area contributed by atoms with Gasteiger partial charge in [-0.3, -0.25) is 4.79 Å². The first-order chi connectivity index (χ1) is 10.1. The fourth-order valence-electron chi connectivity index (χ4n) is 2.08. The lowest BCUT2D eigenvalue weighted by Gasteiger charge is -2.24. The van der Waals surface area contributed by atoms with Gasteiger partial charge in [0.25, 0.3) is 0 Å². The third-order valence-corrected chi connectivity index (χ3v) is 4.27. The van der Waals surface area contributed by atoms with Crippen LogP contribution in [0, 0.1) is 0 Å². The van der Waals surface area contributed by atoms with Gasteiger partial charge in [-0.2, -0.15) is 4.31 Å². The fraction of sp³-hybridized carbons (Fsp3) is 0.562. The zero-order chi connectivity index (χ0) is 16.8. The van der Waals surface area contributed by atoms with Gasteiger partial charge in [0, 0.05) is 12.1 Å². The van der Waals surface area contributed by atoms with Crippen LogP contribution in [0.15, 0.2) is 30.3 Å². The van der Waals surface area contributed by atoms with E-state index in [2.05, 4.69) is 5.32 Å². The highest BCUT2D eigenvalue weighted by molar-refractivity contribution is 7.88. The van der Waals surface area contributed by atoms with E-state index in [0.717, 1.165) is 18.2 Å². The van der Waals surface area contributed by atoms with Gasteiger partial charge in [0.15, 0.2) is 0 Å². The summed E-state index contributed by atoms with van der Waals surface area (Å²) >= 11 is 0. The van der Waals surface area contributed by atoms with Crippen molar-refractivity contribution in [3.8, 4) is 0 Å². The Hall–Kier alpha value is -1.40. The normalized spacial score (nSPS) is 12.4. The molecule has 124 valence electrons. The van der Waals surface area contributed by atoms with Crippen molar-refractivity contribution in [2.45, 2.75) is 39.2 Å². The number of amides is 1. The average Bonchev–Trinajstić information content (AvgIpc) is 2.35. The van der Waals surface area contributed by atoms with Crippen LogP contribution in [-0.2, 0) is 21.2 Å². The first kappa shape index (κ1) is 18.6. The van der Waals surface area contributed by atoms with E-state index < -0.39 is 10.0 Å². The lowest BCUT2D eigenvalue weighted by atomic mass is 10.1. The second kappa shape index (κ2) is 7.74. The number of nitrogens with zero attached hydrogens (tertiary/aromatic N) is 1. The summed E-state index contributed by atoms with van der Waals surface area (Å²) in [6.07, 6.45) is 2.60. The Morgan fingerprint density at radius 2 is 1.77 bits per heavy atom. The summed E-state index contributed by atoms with van der Waals surface area (Å²) in [6, 6.07) is 9.89. The largest absolute Gasteiger partial charge is 0.350 e. The fourth-order valence-corrected chi connectivity index (χ4v) is 2.90. The van der Waals surface area contributed by atoms with Gasteiger partial charge in [-0.25, -0.2) is 8.42 Å². The molecule has 0 spiro atoms. The molecule has 1 aromatic carbocycles. The summed E-state index contributed by atoms with van der Waals surface area (Å²) in [5.41, 5.74) is 0.791. The number of carbonyl (C=O) groups excluding carboxylic acids is 1. The summed E-state index contributed by atoms with van der Waals surface area (Å²) in [7, 11) is -3.40. The second-order valence-electron chi connectivity index (χ2n) is 6.48. The molecular formula is C16H26N2O3S. The van der Waals surface area contributed by atoms with E-state index in [4.69, 9.17) is 0 Å². The molecule has 0 unspecified atom stereocenters. The molecule has 6 heteroatoms. The van der Waals surface area contributed by atoms with E-state index in [-0.39, 0.29) is 18.0 Å². The highest BCUT2D eigenvalue weighted by atomic mass is 32.2. The van der Waals surface area contributed by atoms with E-state index in [1.165, 1.54) is 4.31 Å². The van der Waals surface area contributed by atoms with E-state index in [0.29, 0.717) is 13.0 Å². The molecule has 1 N–H and O–H groups in total. The number of aryl methyl sites for hydroxylation is 1. The first-order valence-electron chi connectivity index (χ1n) is 7.38. The van der Waals surface area contributed by atoms with Crippen molar-refractivity contribution in [1.82, 2.24) is 9.62 Å². The number of hydrogen-bond acceptors (Lipinski definition) is 3. The molecule has 0 aliphatic rings. The molecule has 0 aromatic heterocycles. The monoisotopic (exact) mass is 326 g/mol. The highest BCUT2D eigenvalue weighted by Gasteiger charge is 2.22. The number of nitrogens with one attached hydrogen (secondary N) is 1. The third kappa shape index (κ3) is 7.56. The summed E-state index contributed by atoms with van der Waals surface area (Å²) in [6.45, 7) is 5.80. The van der Waals surface area contributed by atoms with Crippen LogP contribution in [-0.4, -0.2) is 43.5 Å². The topological polar surface area (TPSA) is 66.5 Å². The highest BCUT2D eigenvalue weighted by Crippen LogP contribution is 2.07. The Morgan fingerprint density at radius 3 is 2.27 bits per heavy atom. The molecule has 1 rings (SSSR count). The second-order valence-corrected chi connectivity index (χ2v) is 8.47. The van der Waals surface area contributed by atoms with Crippen LogP contribution in [0.5, 0.6) is 0 Å². The quantitative estimate of drug-likeness (QED) is 0.831. The number of benzene rings is 1. The minimum Gasteiger partial charge on any atom is -0.350 e. The Bertz CT molecular complexity index is 577. The van der Waals surface area contributed by atoms with E-state index in [9.17, 15) is 13.2 Å². The van der Waals surface area contributed by atoms with Crippen LogP contribution in [0.1, 0.15) is 32.8 Å². The van der Waals surface area contributed by atoms with Crippen molar-refractivity contribution < 1.29 is 13.2 Å². The molecule has 0 saturated carbocycles. The van der Waals surface area contributed by atoms with Crippen LogP contribution in [0.4, 0.5) is 0 Å². The van der Waals surface area contributed by atoms with Gasteiger partial charge in [-0.1, -0.05) is 30.3 Å². The van der Waals surface area contributed by atoms with E-state index in [1.807, 2.05) is 51.1 Å². The van der Waals surface area contributed by atoms with E-state index in [1.54, 1.807) is 0 Å². The molecule has 5 nitrogen and oxygen atoms in total. The van der Waals surface area contributed by atoms with Crippen molar-refractivity contribution >= 4 is 15.9 Å². The number of sulfonamides is 1. The zero-order valence-electron chi connectivity index (χ0n) is 13.8. The van der Waals surface area contributed by atoms with Gasteiger partial charge in [0.05, 0.1) is 12.8 Å². The van der Waals surface area contributed by atoms with Crippen molar-refractivity contribution in [3.63, 3.8) is 0 Å². The van der Waals surface area contributed by atoms with Gasteiger partial charge < -0.3 is 5.32 Å². The van der Waals surface area contributed by atoms with Crippen molar-refractivity contribution in [2.24, 2.45) is 0 Å². The van der Waals surface area contributed by atoms with Crippen LogP contribution in [0.2, 0.25) is 0 Å². The van der Waals surface area contributed by atoms with Crippen molar-refractivity contribution in [1.29, 1.82) is 0 Å². The van der Waals surface area contributed by atoms with Gasteiger partial charge in [-0.15, -0.1) is 0 Å². The molecule has 0 bridgehead atoms. The van der Waals surface area contributed by atoms with Gasteiger partial charge in [-0.05, 0) is 39.2 Å².